The number of H-pyrrole nitrogens is 1. The second-order valence-electron chi connectivity index (χ2n) is 12.0. The first kappa shape index (κ1) is 30.8. The van der Waals surface area contributed by atoms with Gasteiger partial charge in [0.2, 0.25) is 11.8 Å². The molecular weight excluding hydrogens is 540 g/mol. The van der Waals surface area contributed by atoms with Crippen LogP contribution in [0.2, 0.25) is 0 Å². The first-order valence-corrected chi connectivity index (χ1v) is 14.2. The van der Waals surface area contributed by atoms with Crippen LogP contribution in [0.15, 0.2) is 29.1 Å². The van der Waals surface area contributed by atoms with Crippen molar-refractivity contribution in [1.82, 2.24) is 24.8 Å². The van der Waals surface area contributed by atoms with Crippen molar-refractivity contribution in [2.45, 2.75) is 65.6 Å². The van der Waals surface area contributed by atoms with Crippen molar-refractivity contribution in [2.24, 2.45) is 5.92 Å². The number of aromatic nitrogens is 4. The summed E-state index contributed by atoms with van der Waals surface area (Å²) in [4.78, 5) is 45.4. The summed E-state index contributed by atoms with van der Waals surface area (Å²) in [6.07, 6.45) is 0.498. The monoisotopic (exact) mass is 582 g/mol. The van der Waals surface area contributed by atoms with Gasteiger partial charge >= 0.3 is 6.09 Å². The molecule has 0 unspecified atom stereocenters. The molecule has 2 atom stereocenters. The number of anilines is 3. The van der Waals surface area contributed by atoms with Crippen molar-refractivity contribution in [1.29, 1.82) is 0 Å². The minimum Gasteiger partial charge on any atom is -0.444 e. The Morgan fingerprint density at radius 2 is 1.95 bits per heavy atom. The van der Waals surface area contributed by atoms with E-state index in [1.165, 1.54) is 0 Å². The second-order valence-corrected chi connectivity index (χ2v) is 12.0. The van der Waals surface area contributed by atoms with E-state index in [2.05, 4.69) is 39.0 Å². The number of amides is 1. The summed E-state index contributed by atoms with van der Waals surface area (Å²) in [5, 5.41) is 3.28. The van der Waals surface area contributed by atoms with Gasteiger partial charge in [-0.15, -0.1) is 0 Å². The fourth-order valence-corrected chi connectivity index (χ4v) is 4.87. The number of hydrogen-bond acceptors (Lipinski definition) is 11. The van der Waals surface area contributed by atoms with Crippen LogP contribution < -0.4 is 26.2 Å². The van der Waals surface area contributed by atoms with E-state index >= 15 is 0 Å². The SMILES string of the molecule is COC[C@H](C)Nc1nc(Oc2cccc3[nH]c(=O)c(N)nc23)cc(N2CCN(C(=O)OC(C)(C)C)[C@@H](CC(C)C)C2)n1. The molecule has 0 saturated carbocycles. The summed E-state index contributed by atoms with van der Waals surface area (Å²) in [6, 6.07) is 6.82. The standard InChI is InChI=1S/C29H42N8O5/c1-17(2)13-19-15-36(11-12-37(19)28(39)42-29(4,5)6)22-14-23(34-27(33-22)31-18(3)16-40-7)41-21-10-8-9-20-24(21)35-25(30)26(38)32-20/h8-10,14,17-19H,11-13,15-16H2,1-7H3,(H2,30,35)(H,32,38)(H,31,33,34)/t18-,19-/m0/s1. The Morgan fingerprint density at radius 3 is 2.64 bits per heavy atom. The summed E-state index contributed by atoms with van der Waals surface area (Å²) in [5.41, 5.74) is 5.63. The number of nitrogens with one attached hydrogen (secondary N) is 2. The summed E-state index contributed by atoms with van der Waals surface area (Å²) >= 11 is 0. The smallest absolute Gasteiger partial charge is 0.410 e. The lowest BCUT2D eigenvalue weighted by molar-refractivity contribution is 0.0119. The number of ether oxygens (including phenoxy) is 3. The zero-order valence-corrected chi connectivity index (χ0v) is 25.4. The predicted octanol–water partition coefficient (Wildman–Crippen LogP) is 4.01. The zero-order valence-electron chi connectivity index (χ0n) is 25.4. The molecule has 1 saturated heterocycles. The molecule has 228 valence electrons. The van der Waals surface area contributed by atoms with Gasteiger partial charge in [0.25, 0.3) is 5.56 Å². The van der Waals surface area contributed by atoms with Gasteiger partial charge in [0, 0.05) is 38.9 Å². The van der Waals surface area contributed by atoms with E-state index in [1.807, 2.05) is 32.6 Å². The molecule has 42 heavy (non-hydrogen) atoms. The maximum atomic E-state index is 13.1. The molecule has 1 fully saturated rings. The molecule has 4 N–H and O–H groups in total. The molecule has 3 aromatic rings. The highest BCUT2D eigenvalue weighted by Crippen LogP contribution is 2.31. The number of carbonyl (C=O) groups excluding carboxylic acids is 1. The molecule has 0 bridgehead atoms. The highest BCUT2D eigenvalue weighted by atomic mass is 16.6. The zero-order chi connectivity index (χ0) is 30.6. The number of aromatic amines is 1. The van der Waals surface area contributed by atoms with Gasteiger partial charge in [-0.25, -0.2) is 9.78 Å². The second kappa shape index (κ2) is 12.8. The van der Waals surface area contributed by atoms with Gasteiger partial charge in [-0.3, -0.25) is 4.79 Å². The number of rotatable bonds is 9. The Labute approximate surface area is 245 Å². The van der Waals surface area contributed by atoms with Crippen molar-refractivity contribution in [3.63, 3.8) is 0 Å². The third-order valence-corrected chi connectivity index (χ3v) is 6.59. The number of nitrogens with zero attached hydrogens (tertiary/aromatic N) is 5. The summed E-state index contributed by atoms with van der Waals surface area (Å²) in [7, 11) is 1.63. The summed E-state index contributed by atoms with van der Waals surface area (Å²) in [6.45, 7) is 13.9. The minimum absolute atomic E-state index is 0.0695. The lowest BCUT2D eigenvalue weighted by Crippen LogP contribution is -2.56. The predicted molar refractivity (Wildman–Crippen MR) is 162 cm³/mol. The highest BCUT2D eigenvalue weighted by molar-refractivity contribution is 5.82. The van der Waals surface area contributed by atoms with Gasteiger partial charge in [0.1, 0.15) is 16.9 Å². The molecule has 1 aliphatic rings. The van der Waals surface area contributed by atoms with E-state index < -0.39 is 11.2 Å². The lowest BCUT2D eigenvalue weighted by Gasteiger charge is -2.42. The van der Waals surface area contributed by atoms with Crippen LogP contribution in [0.1, 0.15) is 48.0 Å². The summed E-state index contributed by atoms with van der Waals surface area (Å²) in [5.74, 6) is 1.88. The maximum absolute atomic E-state index is 13.1. The fourth-order valence-electron chi connectivity index (χ4n) is 4.87. The third kappa shape index (κ3) is 7.78. The number of hydrogen-bond donors (Lipinski definition) is 3. The normalized spacial score (nSPS) is 16.5. The van der Waals surface area contributed by atoms with Crippen LogP contribution in [0.25, 0.3) is 11.0 Å². The highest BCUT2D eigenvalue weighted by Gasteiger charge is 2.34. The number of nitrogens with two attached hydrogens (primary N) is 1. The summed E-state index contributed by atoms with van der Waals surface area (Å²) < 4.78 is 17.2. The average molecular weight is 583 g/mol. The van der Waals surface area contributed by atoms with Gasteiger partial charge < -0.3 is 40.0 Å². The Morgan fingerprint density at radius 1 is 1.19 bits per heavy atom. The quantitative estimate of drug-likeness (QED) is 0.334. The molecule has 2 aromatic heterocycles. The van der Waals surface area contributed by atoms with E-state index in [4.69, 9.17) is 24.9 Å². The number of nitrogen functional groups attached to an aromatic ring is 1. The number of para-hydroxylation sites is 1. The van der Waals surface area contributed by atoms with E-state index in [-0.39, 0.29) is 29.9 Å². The molecule has 0 spiro atoms. The van der Waals surface area contributed by atoms with Crippen LogP contribution in [0.5, 0.6) is 11.6 Å². The van der Waals surface area contributed by atoms with Crippen molar-refractivity contribution < 1.29 is 19.0 Å². The van der Waals surface area contributed by atoms with Crippen LogP contribution in [-0.2, 0) is 9.47 Å². The number of methoxy groups -OCH3 is 1. The largest absolute Gasteiger partial charge is 0.444 e. The topological polar surface area (TPSA) is 161 Å². The van der Waals surface area contributed by atoms with E-state index in [9.17, 15) is 9.59 Å². The molecular formula is C29H42N8O5. The third-order valence-electron chi connectivity index (χ3n) is 6.59. The molecule has 3 heterocycles. The Bertz CT molecular complexity index is 1450. The first-order chi connectivity index (χ1) is 19.8. The number of fused-ring (bicyclic) bond motifs is 1. The van der Waals surface area contributed by atoms with Crippen LogP contribution in [0.3, 0.4) is 0 Å². The number of benzene rings is 1. The van der Waals surface area contributed by atoms with Gasteiger partial charge in [-0.05, 0) is 52.2 Å². The molecule has 1 amide bonds. The minimum atomic E-state index is -0.580. The molecule has 13 nitrogen and oxygen atoms in total. The van der Waals surface area contributed by atoms with Crippen molar-refractivity contribution in [3.05, 3.63) is 34.6 Å². The van der Waals surface area contributed by atoms with Gasteiger partial charge in [-0.1, -0.05) is 19.9 Å². The van der Waals surface area contributed by atoms with E-state index in [1.54, 1.807) is 31.4 Å². The van der Waals surface area contributed by atoms with Gasteiger partial charge in [-0.2, -0.15) is 9.97 Å². The van der Waals surface area contributed by atoms with Crippen LogP contribution in [-0.4, -0.2) is 82.0 Å². The molecule has 1 aliphatic heterocycles. The van der Waals surface area contributed by atoms with Gasteiger partial charge in [0.15, 0.2) is 11.6 Å². The lowest BCUT2D eigenvalue weighted by atomic mass is 10.0. The van der Waals surface area contributed by atoms with Gasteiger partial charge in [0.05, 0.1) is 18.2 Å². The Balaban J connectivity index is 1.67. The maximum Gasteiger partial charge on any atom is 0.410 e. The number of carbonyl (C=O) groups is 1. The average Bonchev–Trinajstić information content (AvgIpc) is 2.88. The molecule has 0 radical (unpaired) electrons. The van der Waals surface area contributed by atoms with Crippen molar-refractivity contribution in [3.8, 4) is 11.6 Å². The first-order valence-electron chi connectivity index (χ1n) is 14.2. The Hall–Kier alpha value is -4.13. The fraction of sp³-hybridized carbons (Fsp3) is 0.552. The molecule has 13 heteroatoms. The molecule has 4 rings (SSSR count). The molecule has 1 aromatic carbocycles. The van der Waals surface area contributed by atoms with E-state index in [0.29, 0.717) is 60.7 Å². The molecule has 0 aliphatic carbocycles. The van der Waals surface area contributed by atoms with E-state index in [0.717, 1.165) is 6.42 Å². The van der Waals surface area contributed by atoms with Crippen LogP contribution in [0.4, 0.5) is 22.4 Å². The number of piperazine rings is 1. The van der Waals surface area contributed by atoms with Crippen molar-refractivity contribution >= 4 is 34.7 Å². The van der Waals surface area contributed by atoms with Crippen LogP contribution in [0, 0.1) is 5.92 Å². The van der Waals surface area contributed by atoms with Crippen LogP contribution >= 0.6 is 0 Å². The Kier molecular flexibility index (Phi) is 9.40. The van der Waals surface area contributed by atoms with Crippen molar-refractivity contribution in [2.75, 3.05) is 49.3 Å².